The van der Waals surface area contributed by atoms with Crippen LogP contribution in [0.2, 0.25) is 0 Å². The van der Waals surface area contributed by atoms with Crippen molar-refractivity contribution >= 4 is 88.6 Å². The molecule has 0 spiro atoms. The quantitative estimate of drug-likeness (QED) is 0.0328. The summed E-state index contributed by atoms with van der Waals surface area (Å²) in [7, 11) is 0. The van der Waals surface area contributed by atoms with Gasteiger partial charge in [-0.05, 0) is 80.5 Å². The fourth-order valence-electron chi connectivity index (χ4n) is 10.9. The van der Waals surface area contributed by atoms with E-state index >= 15 is 0 Å². The van der Waals surface area contributed by atoms with Crippen LogP contribution in [-0.4, -0.2) is 203 Å². The maximum atomic E-state index is 14.3. The van der Waals surface area contributed by atoms with Gasteiger partial charge >= 0.3 is 0 Å². The van der Waals surface area contributed by atoms with E-state index in [1.54, 1.807) is 55.4 Å². The Bertz CT molecular complexity index is 2720. The molecule has 0 saturated carbocycles. The lowest BCUT2D eigenvalue weighted by Gasteiger charge is -2.31. The van der Waals surface area contributed by atoms with E-state index < -0.39 is 211 Å². The number of nitrogens with zero attached hydrogens (tertiary/aromatic N) is 1. The molecule has 32 nitrogen and oxygen atoms in total. The topological polar surface area (TPSA) is 496 Å². The zero-order valence-electron chi connectivity index (χ0n) is 60.9. The van der Waals surface area contributed by atoms with Crippen molar-refractivity contribution in [3.05, 3.63) is 0 Å². The van der Waals surface area contributed by atoms with Crippen LogP contribution in [0.15, 0.2) is 0 Å². The number of hydrogen-bond acceptors (Lipinski definition) is 17. The molecule has 0 aromatic rings. The summed E-state index contributed by atoms with van der Waals surface area (Å²) in [4.78, 5) is 204. The van der Waals surface area contributed by atoms with Crippen LogP contribution in [0.1, 0.15) is 200 Å². The average Bonchev–Trinajstić information content (AvgIpc) is 1.83. The zero-order valence-corrected chi connectivity index (χ0v) is 60.9. The van der Waals surface area contributed by atoms with Crippen molar-refractivity contribution in [3.63, 3.8) is 0 Å². The van der Waals surface area contributed by atoms with E-state index in [4.69, 9.17) is 11.5 Å². The highest BCUT2D eigenvalue weighted by atomic mass is 16.3. The summed E-state index contributed by atoms with van der Waals surface area (Å²) in [6.07, 6.45) is 4.27. The second-order valence-corrected chi connectivity index (χ2v) is 27.2. The van der Waals surface area contributed by atoms with Crippen molar-refractivity contribution in [2.75, 3.05) is 26.3 Å². The molecular weight excluding hydrogens is 1290 g/mol. The number of unbranched alkanes of at least 4 members (excludes halogenated alkanes) is 2. The van der Waals surface area contributed by atoms with Gasteiger partial charge in [0.2, 0.25) is 88.6 Å². The molecule has 0 radical (unpaired) electrons. The van der Waals surface area contributed by atoms with Crippen molar-refractivity contribution < 1.29 is 82.1 Å². The molecule has 1 aliphatic heterocycles. The summed E-state index contributed by atoms with van der Waals surface area (Å²) in [6.45, 7) is 23.4. The Labute approximate surface area is 583 Å². The number of amides is 15. The molecule has 15 atom stereocenters. The molecule has 1 rings (SSSR count). The second-order valence-electron chi connectivity index (χ2n) is 27.2. The van der Waals surface area contributed by atoms with Gasteiger partial charge in [0.15, 0.2) is 0 Å². The Balaban J connectivity index is 3.31. The van der Waals surface area contributed by atoms with Gasteiger partial charge in [0, 0.05) is 19.9 Å². The van der Waals surface area contributed by atoms with Crippen LogP contribution in [0.5, 0.6) is 0 Å². The third kappa shape index (κ3) is 31.0. The summed E-state index contributed by atoms with van der Waals surface area (Å²) >= 11 is 0. The van der Waals surface area contributed by atoms with E-state index in [0.29, 0.717) is 64.3 Å². The van der Waals surface area contributed by atoms with Gasteiger partial charge in [-0.25, -0.2) is 0 Å². The first-order valence-electron chi connectivity index (χ1n) is 35.1. The molecule has 15 amide bonds. The molecule has 1 saturated heterocycles. The number of primary amides is 2. The maximum Gasteiger partial charge on any atom is 0.245 e. The van der Waals surface area contributed by atoms with Gasteiger partial charge in [0.1, 0.15) is 72.5 Å². The number of aliphatic hydroxyl groups is 2. The van der Waals surface area contributed by atoms with E-state index in [0.717, 1.165) is 6.42 Å². The minimum Gasteiger partial charge on any atom is -0.394 e. The van der Waals surface area contributed by atoms with Crippen LogP contribution >= 0.6 is 0 Å². The van der Waals surface area contributed by atoms with E-state index in [9.17, 15) is 82.1 Å². The van der Waals surface area contributed by atoms with Crippen molar-refractivity contribution in [2.45, 2.75) is 273 Å². The zero-order chi connectivity index (χ0) is 75.6. The number of likely N-dealkylation sites (tertiary alicyclic amines) is 1. The average molecular weight is 1410 g/mol. The number of nitrogens with two attached hydrogens (primary N) is 2. The minimum absolute atomic E-state index is 0.0900. The molecule has 0 aromatic heterocycles. The third-order valence-electron chi connectivity index (χ3n) is 17.6. The number of carbonyl (C=O) groups excluding carboxylic acids is 15. The molecular formula is C67H119N15O17. The maximum absolute atomic E-state index is 14.3. The SMILES string of the molecule is CCCC[C@@H](NC(=O)[C@H](CC(C)C)NC(=O)[C@@H](CCCC)NC(=O)[C@H](CO)NC(=O)[C@@H](NC(=O)CNC(=O)[C@@H](NC(=O)[C@H](CO)NC(=O)[C@H](CCC(N)=O)NC(=O)[C@@H](NC(=O)[C@@H](NC(=O)[C@H](CC(C)C)NC(=O)[C@@H]1CCCN1C(C)=O)[C@@H](C)CC)[C@@H](C)CC)C(C)C)[C@@H](C)CC)C(N)=O. The Hall–Kier alpha value is -8.03. The first-order chi connectivity index (χ1) is 46.5. The minimum atomic E-state index is -1.79. The lowest BCUT2D eigenvalue weighted by Crippen LogP contribution is -2.62. The fraction of sp³-hybridized carbons (Fsp3) is 0.776. The Morgan fingerprint density at radius 2 is 0.798 bits per heavy atom. The van der Waals surface area contributed by atoms with Crippen molar-refractivity contribution in [1.29, 1.82) is 0 Å². The number of hydrogen-bond donors (Lipinski definition) is 16. The van der Waals surface area contributed by atoms with Gasteiger partial charge in [0.05, 0.1) is 19.8 Å². The Kier molecular flexibility index (Phi) is 41.0. The Morgan fingerprint density at radius 3 is 1.24 bits per heavy atom. The molecule has 99 heavy (non-hydrogen) atoms. The van der Waals surface area contributed by atoms with Gasteiger partial charge in [0.25, 0.3) is 0 Å². The van der Waals surface area contributed by atoms with Crippen LogP contribution in [-0.2, 0) is 71.9 Å². The van der Waals surface area contributed by atoms with Gasteiger partial charge in [-0.15, -0.1) is 0 Å². The molecule has 1 aliphatic rings. The predicted molar refractivity (Wildman–Crippen MR) is 368 cm³/mol. The van der Waals surface area contributed by atoms with E-state index in [1.807, 2.05) is 41.5 Å². The van der Waals surface area contributed by atoms with Crippen LogP contribution in [0.4, 0.5) is 0 Å². The van der Waals surface area contributed by atoms with Crippen molar-refractivity contribution in [1.82, 2.24) is 68.7 Å². The summed E-state index contributed by atoms with van der Waals surface area (Å²) in [5, 5.41) is 51.7. The van der Waals surface area contributed by atoms with Crippen LogP contribution < -0.4 is 75.3 Å². The largest absolute Gasteiger partial charge is 0.394 e. The van der Waals surface area contributed by atoms with Crippen LogP contribution in [0.25, 0.3) is 0 Å². The predicted octanol–water partition coefficient (Wildman–Crippen LogP) is -1.55. The molecule has 0 unspecified atom stereocenters. The number of carbonyl (C=O) groups is 15. The van der Waals surface area contributed by atoms with E-state index in [-0.39, 0.29) is 37.0 Å². The van der Waals surface area contributed by atoms with Crippen LogP contribution in [0, 0.1) is 35.5 Å². The molecule has 0 bridgehead atoms. The highest BCUT2D eigenvalue weighted by molar-refractivity contribution is 6.00. The summed E-state index contributed by atoms with van der Waals surface area (Å²) in [6, 6.07) is -15.6. The van der Waals surface area contributed by atoms with Gasteiger partial charge in [-0.2, -0.15) is 0 Å². The molecule has 1 heterocycles. The van der Waals surface area contributed by atoms with Gasteiger partial charge in [-0.1, -0.05) is 142 Å². The highest BCUT2D eigenvalue weighted by Crippen LogP contribution is 2.20. The monoisotopic (exact) mass is 1410 g/mol. The first kappa shape index (κ1) is 89.0. The fourth-order valence-corrected chi connectivity index (χ4v) is 10.9. The molecule has 1 fully saturated rings. The highest BCUT2D eigenvalue weighted by Gasteiger charge is 2.40. The standard InChI is InChI=1S/C67H119N15O17/c1-16-21-24-42(56(69)88)71-59(91)45(30-35(6)7)74-57(89)43(25-22-17-2)72-61(93)47(33-83)77-65(97)53(38(12)18-3)78-51(87)32-70-64(96)52(37(10)11)79-62(94)48(34-84)76-58(90)44(27-28-50(68)86)73-66(98)54(39(13)19-4)81-67(99)55(40(14)20-5)80-60(92)46(31-36(8)9)75-63(95)49-26-23-29-82(49)41(15)85/h35-40,42-49,52-55,83-84H,16-34H2,1-15H3,(H2,68,86)(H2,69,88)(H,70,96)(H,71,91)(H,72,93)(H,73,98)(H,74,89)(H,75,95)(H,76,90)(H,77,97)(H,78,87)(H,79,94)(H,80,92)(H,81,99)/t38-,39-,40-,42+,43+,44-,45-,46-,47-,48-,49-,52-,53-,54-,55-/m0/s1. The number of rotatable bonds is 47. The molecule has 564 valence electrons. The lowest BCUT2D eigenvalue weighted by molar-refractivity contribution is -0.139. The lowest BCUT2D eigenvalue weighted by atomic mass is 9.94. The molecule has 0 aromatic carbocycles. The summed E-state index contributed by atoms with van der Waals surface area (Å²) < 4.78 is 0. The third-order valence-corrected chi connectivity index (χ3v) is 17.6. The number of nitrogens with one attached hydrogen (secondary N) is 12. The second kappa shape index (κ2) is 45.6. The van der Waals surface area contributed by atoms with E-state index in [2.05, 4.69) is 63.8 Å². The van der Waals surface area contributed by atoms with Gasteiger partial charge < -0.3 is 90.4 Å². The van der Waals surface area contributed by atoms with Crippen molar-refractivity contribution in [3.8, 4) is 0 Å². The Morgan fingerprint density at radius 1 is 0.434 bits per heavy atom. The normalized spacial score (nSPS) is 17.1. The summed E-state index contributed by atoms with van der Waals surface area (Å²) in [5.41, 5.74) is 11.0. The molecule has 0 aliphatic carbocycles. The molecule has 18 N–H and O–H groups in total. The van der Waals surface area contributed by atoms with Crippen molar-refractivity contribution in [2.24, 2.45) is 47.0 Å². The first-order valence-corrected chi connectivity index (χ1v) is 35.1. The smallest absolute Gasteiger partial charge is 0.245 e. The molecule has 32 heteroatoms. The van der Waals surface area contributed by atoms with Crippen LogP contribution in [0.3, 0.4) is 0 Å². The summed E-state index contributed by atoms with van der Waals surface area (Å²) in [5.74, 6) is -14.6. The van der Waals surface area contributed by atoms with Gasteiger partial charge in [-0.3, -0.25) is 71.9 Å². The number of aliphatic hydroxyl groups excluding tert-OH is 2. The van der Waals surface area contributed by atoms with E-state index in [1.165, 1.54) is 11.8 Å².